The molecule has 2 aromatic carbocycles. The summed E-state index contributed by atoms with van der Waals surface area (Å²) in [5, 5.41) is 7.22. The summed E-state index contributed by atoms with van der Waals surface area (Å²) in [6.45, 7) is 9.79. The zero-order valence-electron chi connectivity index (χ0n) is 18.9. The maximum absolute atomic E-state index is 7.11. The third kappa shape index (κ3) is 4.62. The largest absolute Gasteiger partial charge is 0.405 e. The number of halogens is 1. The molecule has 0 amide bonds. The summed E-state index contributed by atoms with van der Waals surface area (Å²) in [7, 11) is -2.51. The Morgan fingerprint density at radius 1 is 1.00 bits per heavy atom. The van der Waals surface area contributed by atoms with Gasteiger partial charge in [-0.15, -0.1) is 0 Å². The van der Waals surface area contributed by atoms with Gasteiger partial charge in [0.1, 0.15) is 0 Å². The monoisotopic (exact) mass is 499 g/mol. The van der Waals surface area contributed by atoms with Crippen molar-refractivity contribution in [3.63, 3.8) is 0 Å². The van der Waals surface area contributed by atoms with Crippen LogP contribution in [0.1, 0.15) is 33.6 Å². The van der Waals surface area contributed by atoms with Crippen LogP contribution in [0.4, 0.5) is 0 Å². The average molecular weight is 501 g/mol. The Labute approximate surface area is 196 Å². The lowest BCUT2D eigenvalue weighted by atomic mass is 10.1. The number of nitrogens with zero attached hydrogens (tertiary/aromatic N) is 2. The van der Waals surface area contributed by atoms with E-state index in [-0.39, 0.29) is 11.1 Å². The van der Waals surface area contributed by atoms with E-state index in [1.807, 2.05) is 0 Å². The Kier molecular flexibility index (Phi) is 6.89. The minimum absolute atomic E-state index is 0.00625. The second-order valence-corrected chi connectivity index (χ2v) is 14.6. The predicted octanol–water partition coefficient (Wildman–Crippen LogP) is 3.75. The van der Waals surface area contributed by atoms with E-state index in [1.54, 1.807) is 0 Å². The Morgan fingerprint density at radius 2 is 1.58 bits per heavy atom. The number of guanidine groups is 1. The summed E-state index contributed by atoms with van der Waals surface area (Å²) in [4.78, 5) is 7.47. The third-order valence-corrected chi connectivity index (χ3v) is 12.3. The molecule has 4 nitrogen and oxygen atoms in total. The van der Waals surface area contributed by atoms with E-state index >= 15 is 0 Å². The van der Waals surface area contributed by atoms with E-state index in [0.29, 0.717) is 12.6 Å². The van der Waals surface area contributed by atoms with Gasteiger partial charge in [0.15, 0.2) is 5.96 Å². The molecule has 0 unspecified atom stereocenters. The van der Waals surface area contributed by atoms with Crippen LogP contribution in [0.25, 0.3) is 0 Å². The van der Waals surface area contributed by atoms with Crippen molar-refractivity contribution in [3.8, 4) is 0 Å². The normalized spacial score (nSPS) is 21.8. The third-order valence-electron chi connectivity index (χ3n) is 6.51. The number of hydrogen-bond donors (Lipinski definition) is 1. The molecule has 6 heteroatoms. The first kappa shape index (κ1) is 22.6. The number of alkyl halides is 1. The van der Waals surface area contributed by atoms with Crippen molar-refractivity contribution in [1.82, 2.24) is 10.2 Å². The summed E-state index contributed by atoms with van der Waals surface area (Å²) in [6.07, 6.45) is 2.20. The molecule has 1 saturated heterocycles. The first-order valence-corrected chi connectivity index (χ1v) is 14.4. The maximum Gasteiger partial charge on any atom is 0.261 e. The van der Waals surface area contributed by atoms with Gasteiger partial charge in [-0.25, -0.2) is 4.99 Å². The number of benzene rings is 2. The predicted molar refractivity (Wildman–Crippen MR) is 136 cm³/mol. The van der Waals surface area contributed by atoms with Gasteiger partial charge in [0, 0.05) is 24.5 Å². The van der Waals surface area contributed by atoms with Gasteiger partial charge in [0.25, 0.3) is 8.32 Å². The highest BCUT2D eigenvalue weighted by molar-refractivity contribution is 9.09. The van der Waals surface area contributed by atoms with E-state index in [9.17, 15) is 0 Å². The highest BCUT2D eigenvalue weighted by Gasteiger charge is 2.50. The molecule has 31 heavy (non-hydrogen) atoms. The minimum Gasteiger partial charge on any atom is -0.405 e. The molecule has 2 aliphatic heterocycles. The molecule has 1 N–H and O–H groups in total. The Morgan fingerprint density at radius 3 is 2.13 bits per heavy atom. The molecule has 1 fully saturated rings. The van der Waals surface area contributed by atoms with E-state index in [2.05, 4.69) is 108 Å². The van der Waals surface area contributed by atoms with Crippen molar-refractivity contribution in [2.45, 2.75) is 50.7 Å². The lowest BCUT2D eigenvalue weighted by Gasteiger charge is -2.44. The number of rotatable bonds is 6. The van der Waals surface area contributed by atoms with Crippen molar-refractivity contribution in [1.29, 1.82) is 0 Å². The van der Waals surface area contributed by atoms with Crippen LogP contribution >= 0.6 is 15.9 Å². The summed E-state index contributed by atoms with van der Waals surface area (Å²) in [5.74, 6) is 1.05. The SMILES string of the molecule is CC(C)(C)[Si](OC[C@H]1CCN2CC[C@H](CBr)NC2=N1)(c1ccccc1)c1ccccc1. The van der Waals surface area contributed by atoms with Crippen LogP contribution in [0.2, 0.25) is 5.04 Å². The molecule has 0 aromatic heterocycles. The van der Waals surface area contributed by atoms with Crippen LogP contribution < -0.4 is 15.7 Å². The van der Waals surface area contributed by atoms with E-state index in [0.717, 1.165) is 37.2 Å². The van der Waals surface area contributed by atoms with E-state index in [4.69, 9.17) is 9.42 Å². The molecular weight excluding hydrogens is 466 g/mol. The molecule has 4 rings (SSSR count). The molecule has 2 aromatic rings. The first-order chi connectivity index (χ1) is 14.9. The fourth-order valence-corrected chi connectivity index (χ4v) is 9.95. The lowest BCUT2D eigenvalue weighted by molar-refractivity contribution is 0.233. The zero-order valence-corrected chi connectivity index (χ0v) is 21.4. The smallest absolute Gasteiger partial charge is 0.261 e. The first-order valence-electron chi connectivity index (χ1n) is 11.3. The van der Waals surface area contributed by atoms with Crippen LogP contribution in [0.15, 0.2) is 65.7 Å². The molecule has 0 aliphatic carbocycles. The van der Waals surface area contributed by atoms with Crippen LogP contribution in [-0.4, -0.2) is 56.3 Å². The summed E-state index contributed by atoms with van der Waals surface area (Å²) in [5.41, 5.74) is 0. The van der Waals surface area contributed by atoms with Crippen LogP contribution in [0.5, 0.6) is 0 Å². The highest BCUT2D eigenvalue weighted by atomic mass is 79.9. The number of nitrogens with one attached hydrogen (secondary N) is 1. The Balaban J connectivity index is 1.65. The molecule has 0 saturated carbocycles. The van der Waals surface area contributed by atoms with Gasteiger partial charge in [-0.3, -0.25) is 0 Å². The van der Waals surface area contributed by atoms with Gasteiger partial charge in [-0.05, 0) is 28.3 Å². The molecule has 166 valence electrons. The van der Waals surface area contributed by atoms with Crippen molar-refractivity contribution in [2.24, 2.45) is 4.99 Å². The van der Waals surface area contributed by atoms with Gasteiger partial charge in [0.05, 0.1) is 12.6 Å². The average Bonchev–Trinajstić information content (AvgIpc) is 2.79. The van der Waals surface area contributed by atoms with Gasteiger partial charge in [-0.1, -0.05) is 97.4 Å². The molecule has 0 bridgehead atoms. The van der Waals surface area contributed by atoms with Crippen molar-refractivity contribution >= 4 is 40.6 Å². The number of fused-ring (bicyclic) bond motifs is 1. The molecule has 2 aliphatic rings. The van der Waals surface area contributed by atoms with E-state index < -0.39 is 8.32 Å². The number of aliphatic imine (C=N–C) groups is 1. The van der Waals surface area contributed by atoms with Crippen molar-refractivity contribution in [3.05, 3.63) is 60.7 Å². The highest BCUT2D eigenvalue weighted by Crippen LogP contribution is 2.37. The van der Waals surface area contributed by atoms with Crippen molar-refractivity contribution in [2.75, 3.05) is 25.0 Å². The van der Waals surface area contributed by atoms with Gasteiger partial charge >= 0.3 is 0 Å². The van der Waals surface area contributed by atoms with Crippen LogP contribution in [-0.2, 0) is 4.43 Å². The van der Waals surface area contributed by atoms with Crippen molar-refractivity contribution < 1.29 is 4.43 Å². The Bertz CT molecular complexity index is 845. The second kappa shape index (κ2) is 9.47. The molecule has 2 heterocycles. The Hall–Kier alpha value is -1.63. The quantitative estimate of drug-likeness (QED) is 0.485. The molecule has 0 radical (unpaired) electrons. The van der Waals surface area contributed by atoms with Gasteiger partial charge in [-0.2, -0.15) is 0 Å². The fourth-order valence-electron chi connectivity index (χ4n) is 4.86. The lowest BCUT2D eigenvalue weighted by Crippen LogP contribution is -2.67. The minimum atomic E-state index is -2.51. The fraction of sp³-hybridized carbons (Fsp3) is 0.480. The van der Waals surface area contributed by atoms with Gasteiger partial charge < -0.3 is 14.6 Å². The van der Waals surface area contributed by atoms with Crippen LogP contribution in [0, 0.1) is 0 Å². The zero-order chi connectivity index (χ0) is 21.9. The molecule has 2 atom stereocenters. The number of hydrogen-bond acceptors (Lipinski definition) is 4. The van der Waals surface area contributed by atoms with E-state index in [1.165, 1.54) is 10.4 Å². The van der Waals surface area contributed by atoms with Crippen LogP contribution in [0.3, 0.4) is 0 Å². The summed E-state index contributed by atoms with van der Waals surface area (Å²) in [6, 6.07) is 22.4. The second-order valence-electron chi connectivity index (χ2n) is 9.64. The standard InChI is InChI=1S/C25H34BrN3OSi/c1-25(2,3)31(22-10-6-4-7-11-22,23-12-8-5-9-13-23)30-19-21-15-17-29-16-14-20(18-26)27-24(29)28-21/h4-13,20-21H,14-19H2,1-3H3,(H,27,28)/t20-,21-/m1/s1. The summed E-state index contributed by atoms with van der Waals surface area (Å²) < 4.78 is 7.11. The summed E-state index contributed by atoms with van der Waals surface area (Å²) >= 11 is 3.62. The van der Waals surface area contributed by atoms with Gasteiger partial charge in [0.2, 0.25) is 0 Å². The topological polar surface area (TPSA) is 36.9 Å². The molecular formula is C25H34BrN3OSi. The maximum atomic E-state index is 7.11. The molecule has 0 spiro atoms.